The molecule has 10 heavy (non-hydrogen) atoms. The van der Waals surface area contributed by atoms with Crippen LogP contribution in [0.1, 0.15) is 12.8 Å². The first kappa shape index (κ1) is 7.52. The van der Waals surface area contributed by atoms with Gasteiger partial charge in [0.2, 0.25) is 0 Å². The lowest BCUT2D eigenvalue weighted by molar-refractivity contribution is -0.164. The lowest BCUT2D eigenvalue weighted by Crippen LogP contribution is -2.29. The third-order valence-corrected chi connectivity index (χ3v) is 1.67. The average molecular weight is 141 g/mol. The number of ether oxygens (including phenoxy) is 2. The molecule has 0 aromatic heterocycles. The molecule has 1 heterocycles. The van der Waals surface area contributed by atoms with Gasteiger partial charge in [-0.1, -0.05) is 0 Å². The Hall–Kier alpha value is -0.590. The van der Waals surface area contributed by atoms with Crippen LogP contribution in [0.2, 0.25) is 0 Å². The molecule has 0 aliphatic carbocycles. The number of hydrogen-bond acceptors (Lipinski definition) is 3. The molecule has 0 aromatic rings. The SMILES string of the molecule is COC1OCCCC1C#N. The molecule has 1 rings (SSSR count). The molecule has 0 saturated carbocycles. The van der Waals surface area contributed by atoms with Crippen LogP contribution >= 0.6 is 0 Å². The fourth-order valence-corrected chi connectivity index (χ4v) is 1.11. The van der Waals surface area contributed by atoms with Crippen LogP contribution in [-0.4, -0.2) is 20.0 Å². The van der Waals surface area contributed by atoms with Crippen molar-refractivity contribution in [2.24, 2.45) is 5.92 Å². The maximum Gasteiger partial charge on any atom is 0.172 e. The lowest BCUT2D eigenvalue weighted by Gasteiger charge is -2.25. The van der Waals surface area contributed by atoms with E-state index in [0.29, 0.717) is 0 Å². The summed E-state index contributed by atoms with van der Waals surface area (Å²) in [5, 5.41) is 8.58. The van der Waals surface area contributed by atoms with E-state index < -0.39 is 0 Å². The van der Waals surface area contributed by atoms with Gasteiger partial charge in [-0.3, -0.25) is 0 Å². The van der Waals surface area contributed by atoms with Gasteiger partial charge in [-0.2, -0.15) is 5.26 Å². The summed E-state index contributed by atoms with van der Waals surface area (Å²) in [6.45, 7) is 0.719. The fraction of sp³-hybridized carbons (Fsp3) is 0.857. The van der Waals surface area contributed by atoms with Crippen molar-refractivity contribution in [3.05, 3.63) is 0 Å². The average Bonchev–Trinajstić information content (AvgIpc) is 2.04. The van der Waals surface area contributed by atoms with E-state index in [0.717, 1.165) is 19.4 Å². The second-order valence-corrected chi connectivity index (χ2v) is 2.35. The van der Waals surface area contributed by atoms with E-state index in [1.165, 1.54) is 0 Å². The number of nitrogens with zero attached hydrogens (tertiary/aromatic N) is 1. The Labute approximate surface area is 60.5 Å². The highest BCUT2D eigenvalue weighted by atomic mass is 16.7. The van der Waals surface area contributed by atoms with Gasteiger partial charge in [-0.25, -0.2) is 0 Å². The van der Waals surface area contributed by atoms with Crippen molar-refractivity contribution in [1.82, 2.24) is 0 Å². The highest BCUT2D eigenvalue weighted by molar-refractivity contribution is 4.87. The molecule has 56 valence electrons. The summed E-state index contributed by atoms with van der Waals surface area (Å²) >= 11 is 0. The second kappa shape index (κ2) is 3.55. The first-order valence-corrected chi connectivity index (χ1v) is 3.42. The minimum atomic E-state index is -0.293. The zero-order chi connectivity index (χ0) is 7.40. The minimum Gasteiger partial charge on any atom is -0.354 e. The summed E-state index contributed by atoms with van der Waals surface area (Å²) in [5.41, 5.74) is 0. The first-order chi connectivity index (χ1) is 4.88. The molecule has 3 heteroatoms. The van der Waals surface area contributed by atoms with Crippen molar-refractivity contribution >= 4 is 0 Å². The Bertz CT molecular complexity index is 141. The van der Waals surface area contributed by atoms with Gasteiger partial charge in [-0.05, 0) is 12.8 Å². The quantitative estimate of drug-likeness (QED) is 0.545. The van der Waals surface area contributed by atoms with Crippen LogP contribution in [0.5, 0.6) is 0 Å². The Morgan fingerprint density at radius 2 is 2.50 bits per heavy atom. The van der Waals surface area contributed by atoms with Crippen molar-refractivity contribution < 1.29 is 9.47 Å². The summed E-state index contributed by atoms with van der Waals surface area (Å²) < 4.78 is 10.1. The number of methoxy groups -OCH3 is 1. The summed E-state index contributed by atoms with van der Waals surface area (Å²) in [7, 11) is 1.57. The third kappa shape index (κ3) is 1.47. The molecule has 1 saturated heterocycles. The van der Waals surface area contributed by atoms with Crippen LogP contribution in [0.25, 0.3) is 0 Å². The first-order valence-electron chi connectivity index (χ1n) is 3.42. The molecule has 2 unspecified atom stereocenters. The van der Waals surface area contributed by atoms with E-state index in [2.05, 4.69) is 6.07 Å². The molecular formula is C7H11NO2. The fourth-order valence-electron chi connectivity index (χ4n) is 1.11. The van der Waals surface area contributed by atoms with Crippen LogP contribution in [0.4, 0.5) is 0 Å². The topological polar surface area (TPSA) is 42.2 Å². The van der Waals surface area contributed by atoms with Crippen LogP contribution in [0, 0.1) is 17.2 Å². The van der Waals surface area contributed by atoms with E-state index in [4.69, 9.17) is 14.7 Å². The van der Waals surface area contributed by atoms with Gasteiger partial charge >= 0.3 is 0 Å². The van der Waals surface area contributed by atoms with Gasteiger partial charge in [0.05, 0.1) is 12.0 Å². The van der Waals surface area contributed by atoms with Gasteiger partial charge < -0.3 is 9.47 Å². The Morgan fingerprint density at radius 3 is 3.00 bits per heavy atom. The van der Waals surface area contributed by atoms with E-state index in [9.17, 15) is 0 Å². The van der Waals surface area contributed by atoms with E-state index in [1.807, 2.05) is 0 Å². The molecule has 2 atom stereocenters. The molecule has 3 nitrogen and oxygen atoms in total. The van der Waals surface area contributed by atoms with Gasteiger partial charge in [0.1, 0.15) is 0 Å². The van der Waals surface area contributed by atoms with Crippen LogP contribution < -0.4 is 0 Å². The predicted molar refractivity (Wildman–Crippen MR) is 35.1 cm³/mol. The lowest BCUT2D eigenvalue weighted by atomic mass is 10.0. The van der Waals surface area contributed by atoms with Gasteiger partial charge in [0.25, 0.3) is 0 Å². The Balaban J connectivity index is 2.44. The largest absolute Gasteiger partial charge is 0.354 e. The summed E-state index contributed by atoms with van der Waals surface area (Å²) in [4.78, 5) is 0. The number of hydrogen-bond donors (Lipinski definition) is 0. The summed E-state index contributed by atoms with van der Waals surface area (Å²) in [5.74, 6) is -0.0706. The molecule has 1 aliphatic rings. The second-order valence-electron chi connectivity index (χ2n) is 2.35. The molecule has 0 spiro atoms. The maximum absolute atomic E-state index is 8.58. The molecule has 0 amide bonds. The standard InChI is InChI=1S/C7H11NO2/c1-9-7-6(5-8)3-2-4-10-7/h6-7H,2-4H2,1H3. The molecule has 1 fully saturated rings. The van der Waals surface area contributed by atoms with E-state index in [1.54, 1.807) is 7.11 Å². The van der Waals surface area contributed by atoms with Gasteiger partial charge in [0.15, 0.2) is 6.29 Å². The number of nitriles is 1. The van der Waals surface area contributed by atoms with Gasteiger partial charge in [-0.15, -0.1) is 0 Å². The predicted octanol–water partition coefficient (Wildman–Crippen LogP) is 0.909. The van der Waals surface area contributed by atoms with Crippen LogP contribution in [0.3, 0.4) is 0 Å². The minimum absolute atomic E-state index is 0.0706. The monoisotopic (exact) mass is 141 g/mol. The zero-order valence-corrected chi connectivity index (χ0v) is 6.04. The van der Waals surface area contributed by atoms with Crippen LogP contribution in [-0.2, 0) is 9.47 Å². The highest BCUT2D eigenvalue weighted by Crippen LogP contribution is 2.19. The van der Waals surface area contributed by atoms with Crippen LogP contribution in [0.15, 0.2) is 0 Å². The van der Waals surface area contributed by atoms with Crippen molar-refractivity contribution in [1.29, 1.82) is 5.26 Å². The number of rotatable bonds is 1. The molecule has 0 aromatic carbocycles. The normalized spacial score (nSPS) is 33.2. The van der Waals surface area contributed by atoms with Crippen molar-refractivity contribution in [2.75, 3.05) is 13.7 Å². The molecule has 0 N–H and O–H groups in total. The molecule has 0 bridgehead atoms. The Kier molecular flexibility index (Phi) is 2.67. The van der Waals surface area contributed by atoms with E-state index in [-0.39, 0.29) is 12.2 Å². The molecule has 0 radical (unpaired) electrons. The van der Waals surface area contributed by atoms with Gasteiger partial charge in [0, 0.05) is 13.7 Å². The smallest absolute Gasteiger partial charge is 0.172 e. The maximum atomic E-state index is 8.58. The highest BCUT2D eigenvalue weighted by Gasteiger charge is 2.24. The zero-order valence-electron chi connectivity index (χ0n) is 6.04. The molecular weight excluding hydrogens is 130 g/mol. The third-order valence-electron chi connectivity index (χ3n) is 1.67. The summed E-state index contributed by atoms with van der Waals surface area (Å²) in [6.07, 6.45) is 1.58. The van der Waals surface area contributed by atoms with Crippen molar-refractivity contribution in [2.45, 2.75) is 19.1 Å². The molecule has 1 aliphatic heterocycles. The Morgan fingerprint density at radius 1 is 1.70 bits per heavy atom. The van der Waals surface area contributed by atoms with Crippen molar-refractivity contribution in [3.63, 3.8) is 0 Å². The van der Waals surface area contributed by atoms with E-state index >= 15 is 0 Å². The van der Waals surface area contributed by atoms with Crippen molar-refractivity contribution in [3.8, 4) is 6.07 Å². The summed E-state index contributed by atoms with van der Waals surface area (Å²) in [6, 6.07) is 2.15.